The predicted molar refractivity (Wildman–Crippen MR) is 107 cm³/mol. The van der Waals surface area contributed by atoms with Gasteiger partial charge in [0.1, 0.15) is 5.00 Å². The highest BCUT2D eigenvalue weighted by Gasteiger charge is 2.23. The number of methoxy groups -OCH3 is 1. The van der Waals surface area contributed by atoms with Crippen LogP contribution in [-0.2, 0) is 11.2 Å². The maximum Gasteiger partial charge on any atom is 0.341 e. The lowest BCUT2D eigenvalue weighted by Crippen LogP contribution is -2.36. The number of aryl methyl sites for hydroxylation is 1. The quantitative estimate of drug-likeness (QED) is 0.489. The van der Waals surface area contributed by atoms with Crippen LogP contribution in [0.5, 0.6) is 0 Å². The molecule has 0 fully saturated rings. The summed E-state index contributed by atoms with van der Waals surface area (Å²) in [5.74, 6) is -0.296. The largest absolute Gasteiger partial charge is 0.465 e. The van der Waals surface area contributed by atoms with Gasteiger partial charge in [-0.15, -0.1) is 11.3 Å². The van der Waals surface area contributed by atoms with Gasteiger partial charge in [-0.25, -0.2) is 4.79 Å². The number of thiocarbonyl (C=S) groups is 1. The zero-order valence-electron chi connectivity index (χ0n) is 15.5. The molecule has 0 radical (unpaired) electrons. The molecule has 6 heteroatoms. The smallest absolute Gasteiger partial charge is 0.341 e. The van der Waals surface area contributed by atoms with Crippen LogP contribution in [0.1, 0.15) is 67.3 Å². The second-order valence-electron chi connectivity index (χ2n) is 5.81. The van der Waals surface area contributed by atoms with Crippen LogP contribution in [0.4, 0.5) is 5.00 Å². The molecule has 0 unspecified atom stereocenters. The van der Waals surface area contributed by atoms with E-state index < -0.39 is 0 Å². The van der Waals surface area contributed by atoms with Crippen LogP contribution in [0.2, 0.25) is 0 Å². The average molecular weight is 371 g/mol. The number of anilines is 1. The first-order valence-electron chi connectivity index (χ1n) is 8.76. The SMILES string of the molecule is CCCCN(CCCC)C(=S)Nc1sc(C)c(CC)c1C(=O)OC. The topological polar surface area (TPSA) is 41.6 Å². The molecular weight excluding hydrogens is 340 g/mol. The highest BCUT2D eigenvalue weighted by atomic mass is 32.1. The molecule has 4 nitrogen and oxygen atoms in total. The van der Waals surface area contributed by atoms with E-state index in [1.807, 2.05) is 6.92 Å². The minimum atomic E-state index is -0.296. The van der Waals surface area contributed by atoms with E-state index in [9.17, 15) is 4.79 Å². The van der Waals surface area contributed by atoms with Gasteiger partial charge in [0.2, 0.25) is 0 Å². The molecule has 1 aromatic rings. The van der Waals surface area contributed by atoms with Crippen molar-refractivity contribution in [3.63, 3.8) is 0 Å². The van der Waals surface area contributed by atoms with Gasteiger partial charge < -0.3 is 15.0 Å². The number of nitrogens with zero attached hydrogens (tertiary/aromatic N) is 1. The third-order valence-corrected chi connectivity index (χ3v) is 5.45. The standard InChI is InChI=1S/C18H30N2O2S2/c1-6-9-11-20(12-10-7-2)18(23)19-16-15(17(21)22-5)14(8-3)13(4)24-16/h6-12H2,1-5H3,(H,19,23). The van der Waals surface area contributed by atoms with Gasteiger partial charge in [0.05, 0.1) is 12.7 Å². The number of ether oxygens (including phenoxy) is 1. The van der Waals surface area contributed by atoms with Crippen LogP contribution in [-0.4, -0.2) is 36.2 Å². The molecule has 24 heavy (non-hydrogen) atoms. The maximum atomic E-state index is 12.2. The van der Waals surface area contributed by atoms with E-state index in [-0.39, 0.29) is 5.97 Å². The molecule has 0 aromatic carbocycles. The van der Waals surface area contributed by atoms with E-state index >= 15 is 0 Å². The third-order valence-electron chi connectivity index (χ3n) is 4.02. The Labute approximate surface area is 155 Å². The van der Waals surface area contributed by atoms with Gasteiger partial charge in [0.25, 0.3) is 0 Å². The number of carbonyl (C=O) groups is 1. The summed E-state index contributed by atoms with van der Waals surface area (Å²) in [4.78, 5) is 15.6. The Morgan fingerprint density at radius 2 is 1.79 bits per heavy atom. The van der Waals surface area contributed by atoms with Crippen LogP contribution >= 0.6 is 23.6 Å². The van der Waals surface area contributed by atoms with Crippen LogP contribution in [0.15, 0.2) is 0 Å². The fourth-order valence-electron chi connectivity index (χ4n) is 2.60. The molecule has 1 rings (SSSR count). The van der Waals surface area contributed by atoms with E-state index in [1.54, 1.807) is 11.3 Å². The highest BCUT2D eigenvalue weighted by Crippen LogP contribution is 2.34. The molecule has 0 atom stereocenters. The predicted octanol–water partition coefficient (Wildman–Crippen LogP) is 5.00. The zero-order valence-corrected chi connectivity index (χ0v) is 17.2. The first-order valence-corrected chi connectivity index (χ1v) is 9.98. The zero-order chi connectivity index (χ0) is 18.1. The van der Waals surface area contributed by atoms with Crippen molar-refractivity contribution in [2.75, 3.05) is 25.5 Å². The Balaban J connectivity index is 3.00. The van der Waals surface area contributed by atoms with Gasteiger partial charge in [0, 0.05) is 18.0 Å². The molecule has 1 heterocycles. The van der Waals surface area contributed by atoms with E-state index in [4.69, 9.17) is 17.0 Å². The van der Waals surface area contributed by atoms with Crippen molar-refractivity contribution < 1.29 is 9.53 Å². The summed E-state index contributed by atoms with van der Waals surface area (Å²) in [7, 11) is 1.42. The number of nitrogens with one attached hydrogen (secondary N) is 1. The molecule has 0 aliphatic heterocycles. The lowest BCUT2D eigenvalue weighted by Gasteiger charge is -2.25. The van der Waals surface area contributed by atoms with Crippen LogP contribution in [0.25, 0.3) is 0 Å². The Bertz CT molecular complexity index is 547. The van der Waals surface area contributed by atoms with Crippen molar-refractivity contribution >= 4 is 39.6 Å². The van der Waals surface area contributed by atoms with Crippen molar-refractivity contribution in [3.05, 3.63) is 16.0 Å². The average Bonchev–Trinajstić information content (AvgIpc) is 2.89. The number of unbranched alkanes of at least 4 members (excludes halogenated alkanes) is 2. The van der Waals surface area contributed by atoms with E-state index in [0.29, 0.717) is 10.7 Å². The summed E-state index contributed by atoms with van der Waals surface area (Å²) in [6, 6.07) is 0. The number of esters is 1. The first-order chi connectivity index (χ1) is 11.5. The summed E-state index contributed by atoms with van der Waals surface area (Å²) in [5, 5.41) is 4.82. The number of thiophene rings is 1. The number of hydrogen-bond acceptors (Lipinski definition) is 4. The Kier molecular flexibility index (Phi) is 9.29. The second kappa shape index (κ2) is 10.7. The van der Waals surface area contributed by atoms with Crippen molar-refractivity contribution in [3.8, 4) is 0 Å². The Morgan fingerprint density at radius 3 is 2.25 bits per heavy atom. The Hall–Kier alpha value is -1.14. The van der Waals surface area contributed by atoms with E-state index in [0.717, 1.165) is 60.6 Å². The molecule has 0 bridgehead atoms. The molecule has 1 aromatic heterocycles. The third kappa shape index (κ3) is 5.45. The Morgan fingerprint density at radius 1 is 1.21 bits per heavy atom. The lowest BCUT2D eigenvalue weighted by molar-refractivity contribution is 0.0601. The second-order valence-corrected chi connectivity index (χ2v) is 7.42. The minimum absolute atomic E-state index is 0.296. The van der Waals surface area contributed by atoms with Crippen LogP contribution in [0, 0.1) is 6.92 Å². The van der Waals surface area contributed by atoms with Gasteiger partial charge in [0.15, 0.2) is 5.11 Å². The molecule has 136 valence electrons. The lowest BCUT2D eigenvalue weighted by atomic mass is 10.1. The summed E-state index contributed by atoms with van der Waals surface area (Å²) >= 11 is 7.20. The molecular formula is C18H30N2O2S2. The molecule has 0 saturated heterocycles. The van der Waals surface area contributed by atoms with E-state index in [1.165, 1.54) is 7.11 Å². The monoisotopic (exact) mass is 370 g/mol. The summed E-state index contributed by atoms with van der Waals surface area (Å²) in [5.41, 5.74) is 1.68. The number of carbonyl (C=O) groups excluding carboxylic acids is 1. The molecule has 0 aliphatic rings. The van der Waals surface area contributed by atoms with Crippen molar-refractivity contribution in [2.24, 2.45) is 0 Å². The van der Waals surface area contributed by atoms with Gasteiger partial charge in [-0.3, -0.25) is 0 Å². The molecule has 0 spiro atoms. The molecule has 0 aliphatic carbocycles. The summed E-state index contributed by atoms with van der Waals surface area (Å²) in [6.07, 6.45) is 5.29. The van der Waals surface area contributed by atoms with Gasteiger partial charge in [-0.1, -0.05) is 33.6 Å². The fraction of sp³-hybridized carbons (Fsp3) is 0.667. The normalized spacial score (nSPS) is 10.5. The van der Waals surface area contributed by atoms with Crippen molar-refractivity contribution in [2.45, 2.75) is 59.8 Å². The fourth-order valence-corrected chi connectivity index (χ4v) is 4.08. The van der Waals surface area contributed by atoms with Crippen molar-refractivity contribution in [1.29, 1.82) is 0 Å². The molecule has 1 N–H and O–H groups in total. The van der Waals surface area contributed by atoms with Crippen LogP contribution < -0.4 is 5.32 Å². The highest BCUT2D eigenvalue weighted by molar-refractivity contribution is 7.80. The van der Waals surface area contributed by atoms with Gasteiger partial charge in [-0.05, 0) is 44.0 Å². The van der Waals surface area contributed by atoms with Gasteiger partial charge in [-0.2, -0.15) is 0 Å². The van der Waals surface area contributed by atoms with Crippen molar-refractivity contribution in [1.82, 2.24) is 4.90 Å². The molecule has 0 saturated carbocycles. The summed E-state index contributed by atoms with van der Waals surface area (Å²) in [6.45, 7) is 10.3. The number of hydrogen-bond donors (Lipinski definition) is 1. The minimum Gasteiger partial charge on any atom is -0.465 e. The number of rotatable bonds is 9. The van der Waals surface area contributed by atoms with Crippen LogP contribution in [0.3, 0.4) is 0 Å². The summed E-state index contributed by atoms with van der Waals surface area (Å²) < 4.78 is 4.98. The van der Waals surface area contributed by atoms with Gasteiger partial charge >= 0.3 is 5.97 Å². The molecule has 0 amide bonds. The maximum absolute atomic E-state index is 12.2. The first kappa shape index (κ1) is 20.9. The van der Waals surface area contributed by atoms with E-state index in [2.05, 4.69) is 31.0 Å².